The van der Waals surface area contributed by atoms with E-state index >= 15 is 0 Å². The summed E-state index contributed by atoms with van der Waals surface area (Å²) in [5.74, 6) is 1.28. The molecular weight excluding hydrogens is 296 g/mol. The normalized spacial score (nSPS) is 18.2. The topological polar surface area (TPSA) is 30.2 Å². The molecular formula is C22H28O2. The fourth-order valence-electron chi connectivity index (χ4n) is 3.81. The summed E-state index contributed by atoms with van der Waals surface area (Å²) in [4.78, 5) is 11.4. The van der Waals surface area contributed by atoms with Gasteiger partial charge < -0.3 is 4.42 Å². The molecule has 1 aromatic heterocycles. The summed E-state index contributed by atoms with van der Waals surface area (Å²) in [5.41, 5.74) is 6.01. The predicted molar refractivity (Wildman–Crippen MR) is 98.0 cm³/mol. The Kier molecular flexibility index (Phi) is 3.98. The van der Waals surface area contributed by atoms with Gasteiger partial charge in [0.25, 0.3) is 0 Å². The van der Waals surface area contributed by atoms with Gasteiger partial charge >= 0.3 is 0 Å². The van der Waals surface area contributed by atoms with E-state index in [1.807, 2.05) is 6.07 Å². The summed E-state index contributed by atoms with van der Waals surface area (Å²) >= 11 is 0. The van der Waals surface area contributed by atoms with Crippen LogP contribution in [0.15, 0.2) is 28.7 Å². The average Bonchev–Trinajstić information content (AvgIpc) is 2.94. The van der Waals surface area contributed by atoms with Crippen LogP contribution in [0.25, 0.3) is 0 Å². The first-order valence-corrected chi connectivity index (χ1v) is 8.84. The van der Waals surface area contributed by atoms with Gasteiger partial charge in [-0.1, -0.05) is 39.8 Å². The first-order chi connectivity index (χ1) is 11.1. The smallest absolute Gasteiger partial charge is 0.194 e. The summed E-state index contributed by atoms with van der Waals surface area (Å²) < 4.78 is 5.69. The van der Waals surface area contributed by atoms with Gasteiger partial charge in [-0.3, -0.25) is 4.79 Å². The van der Waals surface area contributed by atoms with Gasteiger partial charge in [-0.25, -0.2) is 0 Å². The van der Waals surface area contributed by atoms with Crippen molar-refractivity contribution in [3.8, 4) is 0 Å². The molecule has 24 heavy (non-hydrogen) atoms. The zero-order chi connectivity index (χ0) is 17.7. The number of benzene rings is 1. The van der Waals surface area contributed by atoms with Crippen LogP contribution in [-0.2, 0) is 17.3 Å². The number of hydrogen-bond donors (Lipinski definition) is 0. The maximum Gasteiger partial charge on any atom is 0.194 e. The van der Waals surface area contributed by atoms with Gasteiger partial charge in [-0.2, -0.15) is 0 Å². The van der Waals surface area contributed by atoms with Gasteiger partial charge in [0, 0.05) is 13.3 Å². The Balaban J connectivity index is 2.02. The fraction of sp³-hybridized carbons (Fsp3) is 0.500. The molecule has 2 aromatic rings. The summed E-state index contributed by atoms with van der Waals surface area (Å²) in [7, 11) is 0. The monoisotopic (exact) mass is 324 g/mol. The molecule has 1 heterocycles. The molecule has 0 atom stereocenters. The molecule has 0 fully saturated rings. The van der Waals surface area contributed by atoms with E-state index in [0.717, 1.165) is 12.2 Å². The molecule has 3 rings (SSSR count). The lowest BCUT2D eigenvalue weighted by Crippen LogP contribution is -2.34. The number of fused-ring (bicyclic) bond motifs is 1. The van der Waals surface area contributed by atoms with Crippen molar-refractivity contribution < 1.29 is 9.21 Å². The first kappa shape index (κ1) is 17.0. The number of hydrogen-bond acceptors (Lipinski definition) is 2. The minimum Gasteiger partial charge on any atom is -0.458 e. The van der Waals surface area contributed by atoms with Crippen LogP contribution >= 0.6 is 0 Å². The van der Waals surface area contributed by atoms with E-state index in [4.69, 9.17) is 4.42 Å². The third-order valence-corrected chi connectivity index (χ3v) is 5.68. The summed E-state index contributed by atoms with van der Waals surface area (Å²) in [6.45, 7) is 13.1. The molecule has 128 valence electrons. The molecule has 0 aliphatic heterocycles. The molecule has 2 heteroatoms. The lowest BCUT2D eigenvalue weighted by atomic mass is 9.62. The third kappa shape index (κ3) is 2.94. The summed E-state index contributed by atoms with van der Waals surface area (Å²) in [5, 5.41) is 0. The van der Waals surface area contributed by atoms with Gasteiger partial charge in [0.1, 0.15) is 5.76 Å². The molecule has 0 unspecified atom stereocenters. The van der Waals surface area contributed by atoms with Crippen LogP contribution < -0.4 is 0 Å². The average molecular weight is 324 g/mol. The molecule has 1 aromatic carbocycles. The highest BCUT2D eigenvalue weighted by Crippen LogP contribution is 2.46. The Morgan fingerprint density at radius 1 is 1.04 bits per heavy atom. The molecule has 0 bridgehead atoms. The highest BCUT2D eigenvalue weighted by molar-refractivity contribution is 5.91. The molecule has 1 aliphatic rings. The number of carbonyl (C=O) groups is 1. The van der Waals surface area contributed by atoms with Crippen LogP contribution in [0.1, 0.15) is 86.0 Å². The van der Waals surface area contributed by atoms with E-state index < -0.39 is 0 Å². The van der Waals surface area contributed by atoms with Gasteiger partial charge in [0.05, 0.1) is 0 Å². The van der Waals surface area contributed by atoms with Crippen LogP contribution in [-0.4, -0.2) is 5.78 Å². The fourth-order valence-corrected chi connectivity index (χ4v) is 3.81. The van der Waals surface area contributed by atoms with E-state index in [0.29, 0.717) is 5.76 Å². The van der Waals surface area contributed by atoms with E-state index in [1.165, 1.54) is 42.0 Å². The molecule has 0 radical (unpaired) electrons. The minimum atomic E-state index is -0.0219. The van der Waals surface area contributed by atoms with E-state index in [1.54, 1.807) is 6.07 Å². The second-order valence-electron chi connectivity index (χ2n) is 8.59. The van der Waals surface area contributed by atoms with E-state index in [9.17, 15) is 4.79 Å². The molecule has 0 spiro atoms. The Labute approximate surface area is 145 Å². The van der Waals surface area contributed by atoms with Crippen molar-refractivity contribution in [3.63, 3.8) is 0 Å². The first-order valence-electron chi connectivity index (χ1n) is 8.84. The molecule has 1 aliphatic carbocycles. The second-order valence-corrected chi connectivity index (χ2v) is 8.59. The van der Waals surface area contributed by atoms with Crippen LogP contribution in [0.3, 0.4) is 0 Å². The lowest BCUT2D eigenvalue weighted by Gasteiger charge is -2.42. The zero-order valence-electron chi connectivity index (χ0n) is 15.7. The summed E-state index contributed by atoms with van der Waals surface area (Å²) in [6.07, 6.45) is 3.18. The lowest BCUT2D eigenvalue weighted by molar-refractivity contribution is 0.0985. The highest BCUT2D eigenvalue weighted by atomic mass is 16.3. The molecule has 0 saturated heterocycles. The predicted octanol–water partition coefficient (Wildman–Crippen LogP) is 5.73. The number of aryl methyl sites for hydroxylation is 1. The zero-order valence-corrected chi connectivity index (χ0v) is 15.7. The third-order valence-electron chi connectivity index (χ3n) is 5.68. The van der Waals surface area contributed by atoms with Gasteiger partial charge in [0.2, 0.25) is 0 Å². The van der Waals surface area contributed by atoms with Crippen molar-refractivity contribution in [2.24, 2.45) is 0 Å². The van der Waals surface area contributed by atoms with Crippen molar-refractivity contribution in [1.29, 1.82) is 0 Å². The minimum absolute atomic E-state index is 0.0219. The van der Waals surface area contributed by atoms with Crippen LogP contribution in [0.5, 0.6) is 0 Å². The maximum absolute atomic E-state index is 11.4. The van der Waals surface area contributed by atoms with Gasteiger partial charge in [-0.15, -0.1) is 0 Å². The quantitative estimate of drug-likeness (QED) is 0.675. The van der Waals surface area contributed by atoms with Gasteiger partial charge in [-0.05, 0) is 65.0 Å². The van der Waals surface area contributed by atoms with Crippen LogP contribution in [0, 0.1) is 6.92 Å². The Morgan fingerprint density at radius 3 is 2.17 bits per heavy atom. The molecule has 2 nitrogen and oxygen atoms in total. The Bertz CT molecular complexity index is 790. The van der Waals surface area contributed by atoms with Crippen LogP contribution in [0.4, 0.5) is 0 Å². The van der Waals surface area contributed by atoms with Gasteiger partial charge in [0.15, 0.2) is 11.5 Å². The number of rotatable bonds is 3. The maximum atomic E-state index is 11.4. The van der Waals surface area contributed by atoms with Crippen molar-refractivity contribution in [2.45, 2.75) is 71.6 Å². The second kappa shape index (κ2) is 5.61. The number of Topliss-reactive ketones (excluding diaryl/α,β-unsaturated/α-hetero) is 1. The van der Waals surface area contributed by atoms with Crippen LogP contribution in [0.2, 0.25) is 0 Å². The number of carbonyl (C=O) groups excluding carboxylic acids is 1. The molecule has 0 amide bonds. The highest BCUT2D eigenvalue weighted by Gasteiger charge is 2.37. The SMILES string of the molecule is CC(=O)c1ccc(Cc2cc3c(cc2C)C(C)(C)CCC3(C)C)o1. The van der Waals surface area contributed by atoms with Crippen molar-refractivity contribution >= 4 is 5.78 Å². The number of ketones is 1. The molecule has 0 saturated carbocycles. The molecule has 0 N–H and O–H groups in total. The largest absolute Gasteiger partial charge is 0.458 e. The Morgan fingerprint density at radius 2 is 1.62 bits per heavy atom. The number of furan rings is 1. The summed E-state index contributed by atoms with van der Waals surface area (Å²) in [6, 6.07) is 8.45. The Hall–Kier alpha value is -1.83. The van der Waals surface area contributed by atoms with E-state index in [-0.39, 0.29) is 16.6 Å². The van der Waals surface area contributed by atoms with Crippen molar-refractivity contribution in [2.75, 3.05) is 0 Å². The van der Waals surface area contributed by atoms with E-state index in [2.05, 4.69) is 46.8 Å². The standard InChI is InChI=1S/C22H28O2/c1-14-11-18-19(22(5,6)10-9-21(18,3)4)13-16(14)12-17-7-8-20(24-17)15(2)23/h7-8,11,13H,9-10,12H2,1-6H3. The van der Waals surface area contributed by atoms with Crippen molar-refractivity contribution in [3.05, 3.63) is 58.0 Å². The van der Waals surface area contributed by atoms with Crippen molar-refractivity contribution in [1.82, 2.24) is 0 Å².